The van der Waals surface area contributed by atoms with Crippen LogP contribution in [0.5, 0.6) is 0 Å². The fourth-order valence-electron chi connectivity index (χ4n) is 5.64. The van der Waals surface area contributed by atoms with Crippen LogP contribution in [0.1, 0.15) is 131 Å². The second kappa shape index (κ2) is 34.0. The monoisotopic (exact) mass is 960 g/mol. The molecular formula is C37H77FeO14P3S2. The van der Waals surface area contributed by atoms with E-state index in [-0.39, 0.29) is 50.1 Å². The summed E-state index contributed by atoms with van der Waals surface area (Å²) in [5.41, 5.74) is -2.25. The summed E-state index contributed by atoms with van der Waals surface area (Å²) in [7, 11) is -13.8. The van der Waals surface area contributed by atoms with Gasteiger partial charge in [0, 0.05) is 41.1 Å². The van der Waals surface area contributed by atoms with E-state index in [4.69, 9.17) is 33.5 Å². The molecule has 2 rings (SSSR count). The maximum Gasteiger partial charge on any atom is 0.472 e. The van der Waals surface area contributed by atoms with Crippen LogP contribution in [-0.2, 0) is 62.9 Å². The van der Waals surface area contributed by atoms with Gasteiger partial charge in [0.2, 0.25) is 0 Å². The summed E-state index contributed by atoms with van der Waals surface area (Å²) >= 11 is 8.42. The molecule has 4 N–H and O–H groups in total. The molecule has 344 valence electrons. The Morgan fingerprint density at radius 2 is 1.12 bits per heavy atom. The zero-order chi connectivity index (χ0) is 42.5. The van der Waals surface area contributed by atoms with Gasteiger partial charge in [-0.3, -0.25) is 18.2 Å². The van der Waals surface area contributed by atoms with E-state index in [0.29, 0.717) is 25.6 Å². The van der Waals surface area contributed by atoms with Gasteiger partial charge in [-0.05, 0) is 55.9 Å². The topological polar surface area (TPSA) is 197 Å². The Hall–Kier alpha value is 1.47. The van der Waals surface area contributed by atoms with Crippen LogP contribution in [0.4, 0.5) is 0 Å². The van der Waals surface area contributed by atoms with E-state index in [1.807, 2.05) is 0 Å². The summed E-state index contributed by atoms with van der Waals surface area (Å²) < 4.78 is 85.7. The van der Waals surface area contributed by atoms with Crippen molar-refractivity contribution in [1.29, 1.82) is 0 Å². The van der Waals surface area contributed by atoms with Gasteiger partial charge in [-0.15, -0.1) is 0 Å². The van der Waals surface area contributed by atoms with Crippen LogP contribution in [0.25, 0.3) is 0 Å². The summed E-state index contributed by atoms with van der Waals surface area (Å²) in [6, 6.07) is 0. The number of aliphatic hydroxyl groups is 2. The molecule has 2 saturated carbocycles. The molecule has 57 heavy (non-hydrogen) atoms. The summed E-state index contributed by atoms with van der Waals surface area (Å²) in [6.07, 6.45) is 19.4. The van der Waals surface area contributed by atoms with Crippen LogP contribution in [0.2, 0.25) is 0 Å². The number of rotatable bonds is 36. The van der Waals surface area contributed by atoms with Crippen molar-refractivity contribution < 1.29 is 84.2 Å². The van der Waals surface area contributed by atoms with Crippen molar-refractivity contribution in [2.45, 2.75) is 129 Å². The Morgan fingerprint density at radius 1 is 0.632 bits per heavy atom. The van der Waals surface area contributed by atoms with E-state index in [0.717, 1.165) is 82.1 Å². The van der Waals surface area contributed by atoms with Gasteiger partial charge in [0.1, 0.15) is 0 Å². The van der Waals surface area contributed by atoms with Crippen molar-refractivity contribution in [2.75, 3.05) is 90.1 Å². The molecule has 2 aliphatic rings. The van der Waals surface area contributed by atoms with E-state index in [1.54, 1.807) is 13.8 Å². The molecular weight excluding hydrogens is 881 g/mol. The summed E-state index contributed by atoms with van der Waals surface area (Å²) in [6.45, 7) is -0.209. The standard InChI is InChI=1S/C33H69O14P3S2.C4H8.Fe/c1-32(24-35,25-41-18-9-3-5-11-22-51)27-46-50(39,40)47-29-33(2,26-42-19-10-4-6-12-23-52)28-45-48(36,37)30-49(38,44-21-17-34)43-20-13-16-31-14-7-8-15-31;1-2-4-3-1;/h31,34-35,51-52H,3-30H2,1-2H3,(H,36,37)(H,39,40);1-4H2;/i21T;;. The predicted octanol–water partition coefficient (Wildman–Crippen LogP) is 9.04. The smallest absolute Gasteiger partial charge is 0.396 e. The Morgan fingerprint density at radius 3 is 1.61 bits per heavy atom. The second-order valence-electron chi connectivity index (χ2n) is 15.8. The average Bonchev–Trinajstić information content (AvgIpc) is 3.66. The minimum atomic E-state index is -4.73. The number of thiol groups is 2. The summed E-state index contributed by atoms with van der Waals surface area (Å²) in [5, 5.41) is 19.3. The van der Waals surface area contributed by atoms with Gasteiger partial charge < -0.3 is 43.0 Å². The van der Waals surface area contributed by atoms with Gasteiger partial charge in [-0.1, -0.05) is 90.9 Å². The number of aliphatic hydroxyl groups excluding tert-OH is 2. The van der Waals surface area contributed by atoms with E-state index < -0.39 is 66.2 Å². The molecule has 6 unspecified atom stereocenters. The van der Waals surface area contributed by atoms with Crippen LogP contribution >= 0.6 is 48.3 Å². The maximum atomic E-state index is 13.6. The first-order valence-corrected chi connectivity index (χ1v) is 26.8. The van der Waals surface area contributed by atoms with Gasteiger partial charge in [-0.25, -0.2) is 4.57 Å². The molecule has 20 heteroatoms. The second-order valence-corrected chi connectivity index (χ2v) is 22.5. The zero-order valence-corrected chi connectivity index (χ0v) is 40.1. The number of ether oxygens (including phenoxy) is 2. The van der Waals surface area contributed by atoms with E-state index in [2.05, 4.69) is 25.3 Å². The first kappa shape index (κ1) is 56.5. The number of phosphoric acid groups is 1. The summed E-state index contributed by atoms with van der Waals surface area (Å²) in [4.78, 5) is 21.4. The van der Waals surface area contributed by atoms with E-state index >= 15 is 0 Å². The Balaban J connectivity index is 0.00000608. The van der Waals surface area contributed by atoms with E-state index in [1.165, 1.54) is 38.5 Å². The molecule has 0 heterocycles. The third-order valence-electron chi connectivity index (χ3n) is 9.62. The molecule has 0 radical (unpaired) electrons. The molecule has 6 atom stereocenters. The van der Waals surface area contributed by atoms with Gasteiger partial charge in [-0.2, -0.15) is 25.3 Å². The maximum absolute atomic E-state index is 13.6. The molecule has 2 fully saturated rings. The predicted molar refractivity (Wildman–Crippen MR) is 228 cm³/mol. The molecule has 0 bridgehead atoms. The zero-order valence-electron chi connectivity index (χ0n) is 35.5. The minimum absolute atomic E-state index is 0. The Labute approximate surface area is 367 Å². The number of unbranched alkanes of at least 4 members (excludes halogenated alkanes) is 6. The summed E-state index contributed by atoms with van der Waals surface area (Å²) in [5.74, 6) is 1.09. The largest absolute Gasteiger partial charge is 0.472 e. The van der Waals surface area contributed by atoms with Crippen molar-refractivity contribution in [2.24, 2.45) is 16.7 Å². The SMILES string of the molecule is C1CCC1.[3H]C(CO)OP(=O)(CP(=O)(O)OCC(C)(COCCCCCCS)COP(=O)(O)OCC(C)(CO)COCCCCCCS)OCCCC1CCCC1.[Fe]. The number of hydrogen-bond acceptors (Lipinski definition) is 14. The van der Waals surface area contributed by atoms with Crippen molar-refractivity contribution in [1.82, 2.24) is 0 Å². The first-order chi connectivity index (χ1) is 27.0. The fourth-order valence-corrected chi connectivity index (χ4v) is 11.1. The van der Waals surface area contributed by atoms with Gasteiger partial charge in [0.15, 0.2) is 5.90 Å². The van der Waals surface area contributed by atoms with E-state index in [9.17, 15) is 33.7 Å². The van der Waals surface area contributed by atoms with Gasteiger partial charge in [0.05, 0.1) is 60.8 Å². The number of hydrogen-bond donors (Lipinski definition) is 6. The molecule has 0 aromatic rings. The van der Waals surface area contributed by atoms with Gasteiger partial charge in [0.25, 0.3) is 0 Å². The number of phosphoric ester groups is 1. The van der Waals surface area contributed by atoms with Crippen molar-refractivity contribution in [3.05, 3.63) is 0 Å². The third-order valence-corrected chi connectivity index (χ3v) is 15.6. The molecule has 14 nitrogen and oxygen atoms in total. The van der Waals surface area contributed by atoms with Crippen LogP contribution in [-0.4, -0.2) is 110 Å². The van der Waals surface area contributed by atoms with Crippen LogP contribution in [0.3, 0.4) is 0 Å². The van der Waals surface area contributed by atoms with Crippen LogP contribution < -0.4 is 0 Å². The van der Waals surface area contributed by atoms with Crippen LogP contribution in [0, 0.1) is 16.7 Å². The molecule has 0 amide bonds. The minimum Gasteiger partial charge on any atom is -0.396 e. The average molecular weight is 961 g/mol. The molecule has 0 saturated heterocycles. The van der Waals surface area contributed by atoms with Crippen LogP contribution in [0.15, 0.2) is 0 Å². The molecule has 0 aromatic heterocycles. The fraction of sp³-hybridized carbons (Fsp3) is 1.00. The molecule has 0 aromatic carbocycles. The molecule has 0 spiro atoms. The van der Waals surface area contributed by atoms with Crippen molar-refractivity contribution in [3.63, 3.8) is 0 Å². The normalized spacial score (nSPS) is 20.6. The Kier molecular flexibility index (Phi) is 33.6. The van der Waals surface area contributed by atoms with Gasteiger partial charge >= 0.3 is 23.0 Å². The Bertz CT molecular complexity index is 1160. The molecule has 0 aliphatic heterocycles. The molecule has 2 aliphatic carbocycles. The quantitative estimate of drug-likeness (QED) is 0.0151. The first-order valence-electron chi connectivity index (χ1n) is 21.1. The van der Waals surface area contributed by atoms with Crippen molar-refractivity contribution in [3.8, 4) is 0 Å². The van der Waals surface area contributed by atoms with Crippen molar-refractivity contribution >= 4 is 48.3 Å². The third kappa shape index (κ3) is 31.0.